The number of nitrogen functional groups attached to an aromatic ring is 1. The Morgan fingerprint density at radius 1 is 1.37 bits per heavy atom. The van der Waals surface area contributed by atoms with Crippen LogP contribution in [0, 0.1) is 11.3 Å². The van der Waals surface area contributed by atoms with Gasteiger partial charge in [0, 0.05) is 48.9 Å². The molecule has 0 saturated heterocycles. The van der Waals surface area contributed by atoms with E-state index in [9.17, 15) is 5.26 Å². The van der Waals surface area contributed by atoms with Crippen molar-refractivity contribution in [1.29, 1.82) is 5.26 Å². The normalized spacial score (nSPS) is 25.8. The summed E-state index contributed by atoms with van der Waals surface area (Å²) in [4.78, 5) is 8.23. The van der Waals surface area contributed by atoms with Crippen LogP contribution < -0.4 is 5.73 Å². The summed E-state index contributed by atoms with van der Waals surface area (Å²) in [6.45, 7) is 0. The van der Waals surface area contributed by atoms with Crippen molar-refractivity contribution in [1.82, 2.24) is 19.7 Å². The number of ether oxygens (including phenoxy) is 2. The Kier molecular flexibility index (Phi) is 3.62. The van der Waals surface area contributed by atoms with Gasteiger partial charge in [-0.1, -0.05) is 0 Å². The van der Waals surface area contributed by atoms with E-state index in [0.717, 1.165) is 4.68 Å². The van der Waals surface area contributed by atoms with E-state index in [2.05, 4.69) is 15.1 Å². The minimum atomic E-state index is -3.22. The summed E-state index contributed by atoms with van der Waals surface area (Å²) in [6, 6.07) is 1.81. The molecule has 2 N–H and O–H groups in total. The second kappa shape index (κ2) is 8.75. The first-order chi connectivity index (χ1) is 16.2. The van der Waals surface area contributed by atoms with E-state index in [1.807, 2.05) is 6.07 Å². The summed E-state index contributed by atoms with van der Waals surface area (Å²) in [6.07, 6.45) is -9.72. The topological polar surface area (TPSA) is 112 Å². The summed E-state index contributed by atoms with van der Waals surface area (Å²) in [5.41, 5.74) is 6.07. The van der Waals surface area contributed by atoms with E-state index >= 15 is 0 Å². The number of nitriles is 1. The van der Waals surface area contributed by atoms with Crippen molar-refractivity contribution < 1.29 is 20.4 Å². The Morgan fingerprint density at radius 3 is 2.78 bits per heavy atom. The summed E-state index contributed by atoms with van der Waals surface area (Å²) < 4.78 is 76.8. The molecule has 1 aliphatic carbocycles. The van der Waals surface area contributed by atoms with Crippen molar-refractivity contribution in [2.24, 2.45) is 0 Å². The van der Waals surface area contributed by atoms with Crippen LogP contribution in [0.15, 0.2) is 24.3 Å². The molecule has 8 nitrogen and oxygen atoms in total. The van der Waals surface area contributed by atoms with Gasteiger partial charge in [-0.2, -0.15) is 10.4 Å². The van der Waals surface area contributed by atoms with Gasteiger partial charge in [0.2, 0.25) is 0 Å². The third kappa shape index (κ3) is 4.15. The van der Waals surface area contributed by atoms with Gasteiger partial charge < -0.3 is 15.2 Å². The van der Waals surface area contributed by atoms with Gasteiger partial charge in [0.15, 0.2) is 6.29 Å². The average Bonchev–Trinajstić information content (AvgIpc) is 3.28. The number of anilines is 1. The van der Waals surface area contributed by atoms with Crippen LogP contribution in [-0.4, -0.2) is 40.3 Å². The molecule has 0 radical (unpaired) electrons. The minimum absolute atomic E-state index is 0.155. The molecule has 1 saturated carbocycles. The first-order valence-corrected chi connectivity index (χ1v) is 8.00. The highest BCUT2D eigenvalue weighted by Crippen LogP contribution is 2.32. The zero-order valence-electron chi connectivity index (χ0n) is 22.9. The maximum atomic E-state index is 9.39. The Bertz CT molecular complexity index is 1160. The molecule has 27 heavy (non-hydrogen) atoms. The van der Waals surface area contributed by atoms with E-state index in [1.165, 1.54) is 32.9 Å². The number of hydrogen-bond donors (Lipinski definition) is 1. The lowest BCUT2D eigenvalue weighted by atomic mass is 10.1. The predicted molar refractivity (Wildman–Crippen MR) is 101 cm³/mol. The summed E-state index contributed by atoms with van der Waals surface area (Å²) in [5, 5.41) is 13.5. The minimum Gasteiger partial charge on any atom is -0.383 e. The van der Waals surface area contributed by atoms with Gasteiger partial charge in [-0.05, 0) is 31.1 Å². The largest absolute Gasteiger partial charge is 0.383 e. The lowest BCUT2D eigenvalue weighted by Crippen LogP contribution is -2.18. The third-order valence-corrected chi connectivity index (χ3v) is 3.98. The number of nitrogens with two attached hydrogens (primary N) is 1. The molecule has 0 unspecified atom stereocenters. The van der Waals surface area contributed by atoms with Crippen molar-refractivity contribution in [3.63, 3.8) is 0 Å². The standard InChI is InChI=1S/C19H24N6O2/c1-26-17(27-2)9-15-18(22-12-23-19(15)21)14-10-24-25(11-14)16(7-8-20)13-5-3-4-6-13/h10-12,17H,3-7,9H2,1-2H3,(H2,21,22,23)/i3D2,4D2,5D2,6D2. The first-order valence-electron chi connectivity index (χ1n) is 12.0. The fourth-order valence-corrected chi connectivity index (χ4v) is 2.62. The Hall–Kier alpha value is -2.76. The number of aromatic nitrogens is 4. The van der Waals surface area contributed by atoms with E-state index < -0.39 is 43.8 Å². The molecule has 2 heterocycles. The van der Waals surface area contributed by atoms with Gasteiger partial charge in [-0.15, -0.1) is 0 Å². The number of rotatable bonds is 7. The maximum Gasteiger partial charge on any atom is 0.161 e. The quantitative estimate of drug-likeness (QED) is 0.739. The molecular formula is C19H24N6O2. The molecule has 0 aliphatic heterocycles. The molecule has 0 amide bonds. The third-order valence-electron chi connectivity index (χ3n) is 3.98. The smallest absolute Gasteiger partial charge is 0.161 e. The number of allylic oxidation sites excluding steroid dienone is 2. The molecule has 1 fully saturated rings. The van der Waals surface area contributed by atoms with E-state index in [1.54, 1.807) is 0 Å². The lowest BCUT2D eigenvalue weighted by molar-refractivity contribution is -0.100. The van der Waals surface area contributed by atoms with Crippen LogP contribution >= 0.6 is 0 Å². The number of nitrogens with zero attached hydrogens (tertiary/aromatic N) is 5. The number of methoxy groups -OCH3 is 2. The second-order valence-corrected chi connectivity index (χ2v) is 5.52. The Morgan fingerprint density at radius 2 is 2.11 bits per heavy atom. The van der Waals surface area contributed by atoms with Gasteiger partial charge in [-0.25, -0.2) is 14.6 Å². The molecule has 0 bridgehead atoms. The van der Waals surface area contributed by atoms with Gasteiger partial charge in [0.1, 0.15) is 12.1 Å². The first kappa shape index (κ1) is 11.2. The molecule has 3 rings (SSSR count). The molecular weight excluding hydrogens is 344 g/mol. The molecule has 8 heteroatoms. The van der Waals surface area contributed by atoms with E-state index in [4.69, 9.17) is 26.2 Å². The Balaban J connectivity index is 2.21. The van der Waals surface area contributed by atoms with Crippen molar-refractivity contribution in [2.45, 2.75) is 44.6 Å². The van der Waals surface area contributed by atoms with E-state index in [0.29, 0.717) is 16.8 Å². The molecule has 2 aromatic heterocycles. The summed E-state index contributed by atoms with van der Waals surface area (Å²) in [5.74, 6) is 0.155. The van der Waals surface area contributed by atoms with Gasteiger partial charge >= 0.3 is 0 Å². The molecule has 142 valence electrons. The second-order valence-electron chi connectivity index (χ2n) is 5.52. The highest BCUT2D eigenvalue weighted by Gasteiger charge is 2.19. The van der Waals surface area contributed by atoms with Crippen LogP contribution in [0.4, 0.5) is 5.82 Å². The van der Waals surface area contributed by atoms with Crippen LogP contribution in [-0.2, 0) is 15.9 Å². The fraction of sp³-hybridized carbons (Fsp3) is 0.474. The molecule has 0 aromatic carbocycles. The van der Waals surface area contributed by atoms with Crippen molar-refractivity contribution in [3.05, 3.63) is 29.9 Å². The SMILES string of the molecule is [2H]C1([2H])C(=C(CC#N)n2cc(-c3ncnc(N)c3CC(OC)OC)cn2)C([2H])([2H])C([2H])([2H])C1([2H])[2H]. The zero-order valence-corrected chi connectivity index (χ0v) is 14.9. The maximum absolute atomic E-state index is 9.39. The predicted octanol–water partition coefficient (Wildman–Crippen LogP) is 2.78. The fourth-order valence-electron chi connectivity index (χ4n) is 2.62. The van der Waals surface area contributed by atoms with Gasteiger partial charge in [0.25, 0.3) is 0 Å². The Labute approximate surface area is 169 Å². The molecule has 1 aliphatic rings. The van der Waals surface area contributed by atoms with E-state index in [-0.39, 0.29) is 17.9 Å². The van der Waals surface area contributed by atoms with Crippen LogP contribution in [0.3, 0.4) is 0 Å². The highest BCUT2D eigenvalue weighted by molar-refractivity contribution is 5.67. The van der Waals surface area contributed by atoms with Crippen molar-refractivity contribution in [2.75, 3.05) is 20.0 Å². The van der Waals surface area contributed by atoms with Gasteiger partial charge in [-0.3, -0.25) is 0 Å². The number of hydrogen-bond acceptors (Lipinski definition) is 7. The van der Waals surface area contributed by atoms with Crippen LogP contribution in [0.25, 0.3) is 17.0 Å². The zero-order chi connectivity index (χ0) is 26.4. The highest BCUT2D eigenvalue weighted by atomic mass is 16.7. The monoisotopic (exact) mass is 376 g/mol. The molecule has 0 atom stereocenters. The van der Waals surface area contributed by atoms with Crippen molar-refractivity contribution >= 4 is 11.5 Å². The van der Waals surface area contributed by atoms with Crippen LogP contribution in [0.2, 0.25) is 0 Å². The summed E-state index contributed by atoms with van der Waals surface area (Å²) in [7, 11) is 2.90. The van der Waals surface area contributed by atoms with Crippen molar-refractivity contribution in [3.8, 4) is 17.3 Å². The van der Waals surface area contributed by atoms with Crippen LogP contribution in [0.5, 0.6) is 0 Å². The van der Waals surface area contributed by atoms with Gasteiger partial charge in [0.05, 0.1) is 30.1 Å². The molecule has 2 aromatic rings. The van der Waals surface area contributed by atoms with Crippen LogP contribution in [0.1, 0.15) is 48.4 Å². The lowest BCUT2D eigenvalue weighted by Gasteiger charge is -2.16. The molecule has 0 spiro atoms. The average molecular weight is 376 g/mol. The summed E-state index contributed by atoms with van der Waals surface area (Å²) >= 11 is 0.